The Morgan fingerprint density at radius 3 is 2.24 bits per heavy atom. The van der Waals surface area contributed by atoms with Crippen molar-refractivity contribution in [1.29, 1.82) is 0 Å². The molecule has 3 aromatic heterocycles. The highest BCUT2D eigenvalue weighted by atomic mass is 14.9. The van der Waals surface area contributed by atoms with Crippen LogP contribution in [0.5, 0.6) is 0 Å². The summed E-state index contributed by atoms with van der Waals surface area (Å²) in [5, 5.41) is 0. The predicted molar refractivity (Wildman–Crippen MR) is 82.4 cm³/mol. The van der Waals surface area contributed by atoms with Crippen molar-refractivity contribution in [3.8, 4) is 22.4 Å². The minimum atomic E-state index is 0.492. The van der Waals surface area contributed by atoms with Gasteiger partial charge in [0.2, 0.25) is 0 Å². The van der Waals surface area contributed by atoms with Crippen molar-refractivity contribution in [2.45, 2.75) is 13.8 Å². The Morgan fingerprint density at radius 2 is 1.57 bits per heavy atom. The second-order valence-corrected chi connectivity index (χ2v) is 4.84. The first-order valence-electron chi connectivity index (χ1n) is 6.61. The molecular weight excluding hydrogens is 262 g/mol. The van der Waals surface area contributed by atoms with E-state index in [-0.39, 0.29) is 0 Å². The third-order valence-electron chi connectivity index (χ3n) is 3.30. The Morgan fingerprint density at radius 1 is 0.810 bits per heavy atom. The molecule has 0 saturated carbocycles. The van der Waals surface area contributed by atoms with E-state index in [1.807, 2.05) is 38.2 Å². The van der Waals surface area contributed by atoms with E-state index >= 15 is 0 Å². The molecular formula is C16H15N5. The molecule has 3 heterocycles. The van der Waals surface area contributed by atoms with Crippen LogP contribution in [0.4, 0.5) is 5.82 Å². The van der Waals surface area contributed by atoms with Crippen LogP contribution in [0.2, 0.25) is 0 Å². The lowest BCUT2D eigenvalue weighted by atomic mass is 10.00. The van der Waals surface area contributed by atoms with Crippen LogP contribution >= 0.6 is 0 Å². The van der Waals surface area contributed by atoms with Crippen molar-refractivity contribution in [2.75, 3.05) is 5.73 Å². The van der Waals surface area contributed by atoms with Crippen LogP contribution in [0, 0.1) is 13.8 Å². The Labute approximate surface area is 122 Å². The van der Waals surface area contributed by atoms with Crippen molar-refractivity contribution in [2.24, 2.45) is 0 Å². The van der Waals surface area contributed by atoms with Gasteiger partial charge in [-0.2, -0.15) is 0 Å². The molecule has 0 aromatic carbocycles. The van der Waals surface area contributed by atoms with Gasteiger partial charge in [-0.15, -0.1) is 0 Å². The summed E-state index contributed by atoms with van der Waals surface area (Å²) in [4.78, 5) is 17.2. The summed E-state index contributed by atoms with van der Waals surface area (Å²) in [6.07, 6.45) is 5.14. The van der Waals surface area contributed by atoms with E-state index in [0.717, 1.165) is 33.8 Å². The van der Waals surface area contributed by atoms with Crippen LogP contribution in [0.3, 0.4) is 0 Å². The second kappa shape index (κ2) is 5.28. The summed E-state index contributed by atoms with van der Waals surface area (Å²) in [5.74, 6) is 0.492. The van der Waals surface area contributed by atoms with Crippen LogP contribution in [-0.2, 0) is 0 Å². The summed E-state index contributed by atoms with van der Waals surface area (Å²) in [6, 6.07) is 7.69. The fourth-order valence-corrected chi connectivity index (χ4v) is 2.20. The number of pyridine rings is 2. The molecule has 0 aliphatic rings. The lowest BCUT2D eigenvalue weighted by molar-refractivity contribution is 1.10. The number of hydrogen-bond donors (Lipinski definition) is 1. The standard InChI is InChI=1S/C16H15N5/c1-10-3-4-13(8-18-10)16-15(11(2)20-9-21-16)12-5-6-14(17)19-7-12/h3-9H,1-2H3,(H2,17,19). The van der Waals surface area contributed by atoms with Gasteiger partial charge in [0.1, 0.15) is 12.1 Å². The largest absolute Gasteiger partial charge is 0.384 e. The molecule has 0 aliphatic heterocycles. The first-order chi connectivity index (χ1) is 10.1. The molecule has 2 N–H and O–H groups in total. The zero-order valence-corrected chi connectivity index (χ0v) is 11.9. The lowest BCUT2D eigenvalue weighted by Gasteiger charge is -2.11. The molecule has 0 saturated heterocycles. The van der Waals surface area contributed by atoms with Crippen molar-refractivity contribution >= 4 is 5.82 Å². The van der Waals surface area contributed by atoms with Gasteiger partial charge in [0.15, 0.2) is 0 Å². The first kappa shape index (κ1) is 13.2. The topological polar surface area (TPSA) is 77.6 Å². The normalized spacial score (nSPS) is 10.6. The summed E-state index contributed by atoms with van der Waals surface area (Å²) in [7, 11) is 0. The van der Waals surface area contributed by atoms with Crippen LogP contribution in [0.1, 0.15) is 11.4 Å². The van der Waals surface area contributed by atoms with Crippen molar-refractivity contribution in [3.63, 3.8) is 0 Å². The Hall–Kier alpha value is -2.82. The van der Waals surface area contributed by atoms with E-state index in [1.54, 1.807) is 18.6 Å². The summed E-state index contributed by atoms with van der Waals surface area (Å²) in [5.41, 5.74) is 11.2. The lowest BCUT2D eigenvalue weighted by Crippen LogP contribution is -1.97. The summed E-state index contributed by atoms with van der Waals surface area (Å²) >= 11 is 0. The Kier molecular flexibility index (Phi) is 3.31. The number of aryl methyl sites for hydroxylation is 2. The van der Waals surface area contributed by atoms with Crippen molar-refractivity contribution in [3.05, 3.63) is 54.4 Å². The summed E-state index contributed by atoms with van der Waals surface area (Å²) in [6.45, 7) is 3.91. The minimum Gasteiger partial charge on any atom is -0.384 e. The average molecular weight is 277 g/mol. The van der Waals surface area contributed by atoms with Crippen molar-refractivity contribution in [1.82, 2.24) is 19.9 Å². The number of anilines is 1. The smallest absolute Gasteiger partial charge is 0.123 e. The molecule has 5 heteroatoms. The van der Waals surface area contributed by atoms with E-state index in [0.29, 0.717) is 5.82 Å². The van der Waals surface area contributed by atoms with Gasteiger partial charge in [-0.3, -0.25) is 4.98 Å². The fourth-order valence-electron chi connectivity index (χ4n) is 2.20. The number of aromatic nitrogens is 4. The Bertz CT molecular complexity index is 764. The molecule has 21 heavy (non-hydrogen) atoms. The zero-order valence-electron chi connectivity index (χ0n) is 11.9. The zero-order chi connectivity index (χ0) is 14.8. The number of hydrogen-bond acceptors (Lipinski definition) is 5. The van der Waals surface area contributed by atoms with Gasteiger partial charge < -0.3 is 5.73 Å². The molecule has 3 rings (SSSR count). The van der Waals surface area contributed by atoms with Gasteiger partial charge in [-0.25, -0.2) is 15.0 Å². The molecule has 0 amide bonds. The van der Waals surface area contributed by atoms with Crippen LogP contribution in [0.15, 0.2) is 43.0 Å². The van der Waals surface area contributed by atoms with Gasteiger partial charge in [-0.1, -0.05) is 0 Å². The molecule has 0 unspecified atom stereocenters. The number of nitrogen functional groups attached to an aromatic ring is 1. The molecule has 0 radical (unpaired) electrons. The monoisotopic (exact) mass is 277 g/mol. The predicted octanol–water partition coefficient (Wildman–Crippen LogP) is 2.80. The van der Waals surface area contributed by atoms with E-state index in [1.165, 1.54) is 0 Å². The molecule has 3 aromatic rings. The minimum absolute atomic E-state index is 0.492. The average Bonchev–Trinajstić information content (AvgIpc) is 2.49. The quantitative estimate of drug-likeness (QED) is 0.779. The maximum atomic E-state index is 5.66. The molecule has 0 fully saturated rings. The number of rotatable bonds is 2. The van der Waals surface area contributed by atoms with Gasteiger partial charge >= 0.3 is 0 Å². The molecule has 0 bridgehead atoms. The van der Waals surface area contributed by atoms with Crippen LogP contribution in [0.25, 0.3) is 22.4 Å². The Balaban J connectivity index is 2.20. The van der Waals surface area contributed by atoms with E-state index in [2.05, 4.69) is 19.9 Å². The molecule has 0 spiro atoms. The van der Waals surface area contributed by atoms with Crippen LogP contribution < -0.4 is 5.73 Å². The molecule has 5 nitrogen and oxygen atoms in total. The van der Waals surface area contributed by atoms with Crippen molar-refractivity contribution < 1.29 is 0 Å². The highest BCUT2D eigenvalue weighted by Gasteiger charge is 2.13. The van der Waals surface area contributed by atoms with Gasteiger partial charge in [0.05, 0.1) is 5.69 Å². The third kappa shape index (κ3) is 2.58. The van der Waals surface area contributed by atoms with E-state index in [4.69, 9.17) is 5.73 Å². The van der Waals surface area contributed by atoms with Gasteiger partial charge in [0, 0.05) is 40.5 Å². The van der Waals surface area contributed by atoms with E-state index < -0.39 is 0 Å². The molecule has 104 valence electrons. The summed E-state index contributed by atoms with van der Waals surface area (Å²) < 4.78 is 0. The van der Waals surface area contributed by atoms with E-state index in [9.17, 15) is 0 Å². The SMILES string of the molecule is Cc1ccc(-c2ncnc(C)c2-c2ccc(N)nc2)cn1. The third-order valence-corrected chi connectivity index (χ3v) is 3.30. The number of nitrogens with two attached hydrogens (primary N) is 1. The number of nitrogens with zero attached hydrogens (tertiary/aromatic N) is 4. The fraction of sp³-hybridized carbons (Fsp3) is 0.125. The van der Waals surface area contributed by atoms with Gasteiger partial charge in [0.25, 0.3) is 0 Å². The highest BCUT2D eigenvalue weighted by molar-refractivity contribution is 5.81. The maximum absolute atomic E-state index is 5.66. The first-order valence-corrected chi connectivity index (χ1v) is 6.61. The van der Waals surface area contributed by atoms with Crippen LogP contribution in [-0.4, -0.2) is 19.9 Å². The molecule has 0 aliphatic carbocycles. The molecule has 0 atom stereocenters. The second-order valence-electron chi connectivity index (χ2n) is 4.84. The highest BCUT2D eigenvalue weighted by Crippen LogP contribution is 2.31. The van der Waals surface area contributed by atoms with Gasteiger partial charge in [-0.05, 0) is 38.1 Å². The maximum Gasteiger partial charge on any atom is 0.123 e.